The van der Waals surface area contributed by atoms with Gasteiger partial charge in [0.2, 0.25) is 0 Å². The van der Waals surface area contributed by atoms with Crippen molar-refractivity contribution in [3.05, 3.63) is 24.4 Å². The second-order valence-electron chi connectivity index (χ2n) is 12.0. The predicted molar refractivity (Wildman–Crippen MR) is 128 cm³/mol. The third-order valence-corrected chi connectivity index (χ3v) is 21.6. The minimum Gasteiger partial charge on any atom is -0.353 e. The van der Waals surface area contributed by atoms with Crippen LogP contribution in [0.25, 0.3) is 0 Å². The zero-order valence-corrected chi connectivity index (χ0v) is 22.4. The Morgan fingerprint density at radius 1 is 0.741 bits per heavy atom. The molecule has 1 N–H and O–H groups in total. The summed E-state index contributed by atoms with van der Waals surface area (Å²) in [7, 11) is -4.16. The van der Waals surface area contributed by atoms with Crippen LogP contribution in [0.15, 0.2) is 24.4 Å². The Morgan fingerprint density at radius 3 is 1.44 bits per heavy atom. The van der Waals surface area contributed by atoms with Gasteiger partial charge < -0.3 is 4.65 Å². The van der Waals surface area contributed by atoms with Crippen LogP contribution in [0, 0.1) is 0 Å². The highest BCUT2D eigenvalue weighted by Crippen LogP contribution is 2.55. The minimum atomic E-state index is -2.24. The summed E-state index contributed by atoms with van der Waals surface area (Å²) in [5, 5.41) is 1.87. The van der Waals surface area contributed by atoms with Crippen LogP contribution in [0.4, 0.5) is 0 Å². The summed E-state index contributed by atoms with van der Waals surface area (Å²) in [6.45, 7) is 31.8. The van der Waals surface area contributed by atoms with E-state index in [1.54, 1.807) is 0 Å². The van der Waals surface area contributed by atoms with E-state index in [0.717, 1.165) is 0 Å². The first kappa shape index (κ1) is 24.6. The Balaban J connectivity index is 3.96. The molecule has 2 nitrogen and oxygen atoms in total. The lowest BCUT2D eigenvalue weighted by atomic mass is 10.2. The Hall–Kier alpha value is -0.456. The summed E-state index contributed by atoms with van der Waals surface area (Å²) in [6, 6.07) is 6.51. The van der Waals surface area contributed by atoms with Gasteiger partial charge in [-0.3, -0.25) is 4.98 Å². The van der Waals surface area contributed by atoms with Crippen molar-refractivity contribution in [2.45, 2.75) is 116 Å². The number of hydrogen-bond acceptors (Lipinski definition) is 2. The average molecular weight is 407 g/mol. The molecule has 0 fully saturated rings. The molecule has 0 aliphatic rings. The molecule has 0 aromatic carbocycles. The van der Waals surface area contributed by atoms with Gasteiger partial charge in [-0.1, -0.05) is 96.1 Å². The first-order valence-electron chi connectivity index (χ1n) is 10.7. The van der Waals surface area contributed by atoms with Crippen LogP contribution in [-0.4, -0.2) is 21.5 Å². The highest BCUT2D eigenvalue weighted by atomic mass is 28.4. The summed E-state index contributed by atoms with van der Waals surface area (Å²) in [4.78, 5) is 4.99. The Kier molecular flexibility index (Phi) is 7.06. The highest BCUT2D eigenvalue weighted by molar-refractivity contribution is 7.04. The summed E-state index contributed by atoms with van der Waals surface area (Å²) in [6.07, 6.45) is 1.99. The molecule has 156 valence electrons. The molecule has 0 spiro atoms. The maximum Gasteiger partial charge on any atom is 0.184 e. The van der Waals surface area contributed by atoms with Gasteiger partial charge in [0, 0.05) is 11.5 Å². The van der Waals surface area contributed by atoms with E-state index in [0.29, 0.717) is 11.1 Å². The van der Waals surface area contributed by atoms with Crippen molar-refractivity contribution in [1.82, 2.24) is 9.63 Å². The van der Waals surface area contributed by atoms with Crippen LogP contribution >= 0.6 is 0 Å². The van der Waals surface area contributed by atoms with Gasteiger partial charge in [-0.15, -0.1) is 0 Å². The van der Waals surface area contributed by atoms with E-state index in [1.807, 2.05) is 12.3 Å². The van der Waals surface area contributed by atoms with Crippen molar-refractivity contribution in [3.63, 3.8) is 0 Å². The van der Waals surface area contributed by atoms with Crippen molar-refractivity contribution < 1.29 is 0 Å². The highest BCUT2D eigenvalue weighted by Gasteiger charge is 2.62. The van der Waals surface area contributed by atoms with E-state index in [4.69, 9.17) is 4.98 Å². The van der Waals surface area contributed by atoms with Gasteiger partial charge in [0.1, 0.15) is 8.24 Å². The van der Waals surface area contributed by atoms with Crippen LogP contribution in [0.2, 0.25) is 26.2 Å². The van der Waals surface area contributed by atoms with Gasteiger partial charge in [-0.05, 0) is 38.3 Å². The second-order valence-corrected chi connectivity index (χ2v) is 23.6. The van der Waals surface area contributed by atoms with Gasteiger partial charge in [0.05, 0.1) is 0 Å². The van der Waals surface area contributed by atoms with E-state index >= 15 is 0 Å². The van der Waals surface area contributed by atoms with E-state index in [9.17, 15) is 0 Å². The molecule has 0 radical (unpaired) electrons. The zero-order valence-electron chi connectivity index (χ0n) is 20.4. The van der Waals surface area contributed by atoms with Gasteiger partial charge in [0.25, 0.3) is 0 Å². The first-order chi connectivity index (χ1) is 11.9. The molecule has 0 aliphatic carbocycles. The van der Waals surface area contributed by atoms with Crippen molar-refractivity contribution in [2.24, 2.45) is 0 Å². The number of nitrogens with zero attached hydrogens (tertiary/aromatic N) is 1. The fourth-order valence-electron chi connectivity index (χ4n) is 6.10. The maximum absolute atomic E-state index is 4.99. The van der Waals surface area contributed by atoms with Crippen molar-refractivity contribution in [3.8, 4) is 0 Å². The molecular weight excluding hydrogens is 360 g/mol. The van der Waals surface area contributed by atoms with Gasteiger partial charge in [-0.25, -0.2) is 0 Å². The minimum absolute atomic E-state index is 0.146. The normalized spacial score (nSPS) is 14.9. The third-order valence-electron chi connectivity index (χ3n) is 6.76. The zero-order chi connectivity index (χ0) is 21.5. The third kappa shape index (κ3) is 4.13. The molecular formula is C23H46N2Si2. The Bertz CT molecular complexity index is 580. The molecule has 0 amide bonds. The number of rotatable bonds is 5. The lowest BCUT2D eigenvalue weighted by Gasteiger charge is -2.61. The van der Waals surface area contributed by atoms with Crippen molar-refractivity contribution in [1.29, 1.82) is 0 Å². The SMILES string of the molecule is CC(C)[Si](N[Si](c1ccccn1)(C(C)(C)C)C(C)(C)C)(C(C)C)C(C)(C)C. The van der Waals surface area contributed by atoms with E-state index < -0.39 is 16.5 Å². The monoisotopic (exact) mass is 406 g/mol. The summed E-state index contributed by atoms with van der Waals surface area (Å²) < 4.78 is 4.63. The molecule has 1 heterocycles. The number of hydrogen-bond donors (Lipinski definition) is 1. The van der Waals surface area contributed by atoms with E-state index in [1.165, 1.54) is 5.32 Å². The fraction of sp³-hybridized carbons (Fsp3) is 0.783. The van der Waals surface area contributed by atoms with Crippen molar-refractivity contribution >= 4 is 21.8 Å². The molecule has 0 saturated heterocycles. The lowest BCUT2D eigenvalue weighted by Crippen LogP contribution is -2.81. The number of aromatic nitrogens is 1. The van der Waals surface area contributed by atoms with E-state index in [-0.39, 0.29) is 15.1 Å². The van der Waals surface area contributed by atoms with Gasteiger partial charge in [0.15, 0.2) is 8.24 Å². The summed E-state index contributed by atoms with van der Waals surface area (Å²) >= 11 is 0. The number of pyridine rings is 1. The fourth-order valence-corrected chi connectivity index (χ4v) is 25.1. The molecule has 0 atom stereocenters. The lowest BCUT2D eigenvalue weighted by molar-refractivity contribution is 0.587. The molecule has 0 saturated carbocycles. The topological polar surface area (TPSA) is 24.9 Å². The van der Waals surface area contributed by atoms with Gasteiger partial charge in [-0.2, -0.15) is 0 Å². The van der Waals surface area contributed by atoms with E-state index in [2.05, 4.69) is 107 Å². The number of nitrogens with one attached hydrogen (secondary N) is 1. The molecule has 27 heavy (non-hydrogen) atoms. The largest absolute Gasteiger partial charge is 0.353 e. The smallest absolute Gasteiger partial charge is 0.184 e. The first-order valence-corrected chi connectivity index (χ1v) is 14.8. The van der Waals surface area contributed by atoms with Crippen molar-refractivity contribution in [2.75, 3.05) is 0 Å². The van der Waals surface area contributed by atoms with Gasteiger partial charge >= 0.3 is 0 Å². The van der Waals surface area contributed by atoms with Crippen LogP contribution in [0.5, 0.6) is 0 Å². The maximum atomic E-state index is 4.99. The van der Waals surface area contributed by atoms with Crippen LogP contribution in [0.3, 0.4) is 0 Å². The molecule has 0 bridgehead atoms. The van der Waals surface area contributed by atoms with Crippen LogP contribution in [0.1, 0.15) is 90.0 Å². The quantitative estimate of drug-likeness (QED) is 0.533. The summed E-state index contributed by atoms with van der Waals surface area (Å²) in [5.74, 6) is 0. The standard InChI is InChI=1S/C23H46N2Si2/c1-18(2)26(19(3)4,21(5,6)7)25-27(22(8,9)10,23(11,12)13)20-16-14-15-17-24-20/h14-19,25H,1-13H3. The van der Waals surface area contributed by atoms with Crippen LogP contribution in [-0.2, 0) is 0 Å². The molecule has 1 rings (SSSR count). The second kappa shape index (κ2) is 7.76. The Labute approximate surface area is 172 Å². The Morgan fingerprint density at radius 2 is 1.19 bits per heavy atom. The molecule has 0 aliphatic heterocycles. The predicted octanol–water partition coefficient (Wildman–Crippen LogP) is 6.99. The average Bonchev–Trinajstić information content (AvgIpc) is 2.44. The van der Waals surface area contributed by atoms with Crippen LogP contribution < -0.4 is 9.97 Å². The molecule has 1 aromatic rings. The molecule has 4 heteroatoms. The molecule has 1 aromatic heterocycles. The summed E-state index contributed by atoms with van der Waals surface area (Å²) in [5.41, 5.74) is 1.30. The molecule has 0 unspecified atom stereocenters.